The van der Waals surface area contributed by atoms with E-state index in [4.69, 9.17) is 15.2 Å². The third-order valence-electron chi connectivity index (χ3n) is 8.17. The molecule has 4 aromatic rings. The Morgan fingerprint density at radius 3 is 2.33 bits per heavy atom. The number of carbonyl (C=O) groups is 2. The van der Waals surface area contributed by atoms with Gasteiger partial charge in [0.1, 0.15) is 12.6 Å². The number of fused-ring (bicyclic) bond motifs is 1. The van der Waals surface area contributed by atoms with Crippen LogP contribution in [-0.2, 0) is 30.8 Å². The minimum Gasteiger partial charge on any atom is -0.478 e. The van der Waals surface area contributed by atoms with Gasteiger partial charge in [-0.15, -0.1) is 0 Å². The first-order chi connectivity index (χ1) is 22.2. The molecule has 3 aromatic carbocycles. The number of hydrogen-bond donors (Lipinski definition) is 3. The molecule has 46 heavy (non-hydrogen) atoms. The van der Waals surface area contributed by atoms with Crippen LogP contribution < -0.4 is 20.5 Å². The highest BCUT2D eigenvalue weighted by atomic mass is 32.2. The maximum absolute atomic E-state index is 13.4. The highest BCUT2D eigenvalue weighted by Crippen LogP contribution is 2.28. The van der Waals surface area contributed by atoms with Crippen LogP contribution in [0, 0.1) is 5.92 Å². The van der Waals surface area contributed by atoms with Crippen molar-refractivity contribution in [2.75, 3.05) is 13.2 Å². The van der Waals surface area contributed by atoms with E-state index in [1.165, 1.54) is 6.07 Å². The fourth-order valence-electron chi connectivity index (χ4n) is 5.66. The van der Waals surface area contributed by atoms with Gasteiger partial charge in [0.2, 0.25) is 21.8 Å². The second kappa shape index (κ2) is 15.3. The number of nitrogens with one attached hydrogen (secondary N) is 2. The Morgan fingerprint density at radius 2 is 1.63 bits per heavy atom. The van der Waals surface area contributed by atoms with Crippen LogP contribution >= 0.6 is 0 Å². The van der Waals surface area contributed by atoms with Crippen molar-refractivity contribution < 1.29 is 27.5 Å². The van der Waals surface area contributed by atoms with Crippen LogP contribution in [0.5, 0.6) is 5.88 Å². The lowest BCUT2D eigenvalue weighted by atomic mass is 9.85. The maximum Gasteiger partial charge on any atom is 0.323 e. The molecule has 0 saturated heterocycles. The Morgan fingerprint density at radius 1 is 0.935 bits per heavy atom. The Kier molecular flexibility index (Phi) is 11.0. The molecule has 1 aliphatic rings. The zero-order valence-corrected chi connectivity index (χ0v) is 26.6. The summed E-state index contributed by atoms with van der Waals surface area (Å²) in [7, 11) is -3.78. The highest BCUT2D eigenvalue weighted by molar-refractivity contribution is 7.89. The summed E-state index contributed by atoms with van der Waals surface area (Å²) in [4.78, 5) is 30.6. The van der Waals surface area contributed by atoms with Gasteiger partial charge in [-0.25, -0.2) is 18.1 Å². The fraction of sp³-hybridized carbons (Fsp3) is 0.343. The number of nitrogens with zero attached hydrogens (tertiary/aromatic N) is 1. The Hall–Kier alpha value is -4.32. The Bertz CT molecular complexity index is 1730. The van der Waals surface area contributed by atoms with Crippen molar-refractivity contribution in [3.63, 3.8) is 0 Å². The van der Waals surface area contributed by atoms with E-state index in [1.807, 2.05) is 67.6 Å². The monoisotopic (exact) mass is 644 g/mol. The van der Waals surface area contributed by atoms with Gasteiger partial charge in [-0.3, -0.25) is 9.59 Å². The van der Waals surface area contributed by atoms with Crippen molar-refractivity contribution in [3.8, 4) is 5.88 Å². The molecule has 0 bridgehead atoms. The SMILES string of the molecule is CCOc1ccc2cc(S(=O)(=O)NC3CCC(C(=O)NC(COC(=O)C(N)Cc4ccccc4)c4ccccc4)CC3)ccc2n1. The molecule has 242 valence electrons. The summed E-state index contributed by atoms with van der Waals surface area (Å²) in [5, 5.41) is 3.75. The summed E-state index contributed by atoms with van der Waals surface area (Å²) in [6, 6.07) is 25.5. The van der Waals surface area contributed by atoms with E-state index in [9.17, 15) is 18.0 Å². The first kappa shape index (κ1) is 33.1. The van der Waals surface area contributed by atoms with Crippen LogP contribution in [0.15, 0.2) is 95.9 Å². The number of ether oxygens (including phenoxy) is 2. The lowest BCUT2D eigenvalue weighted by Gasteiger charge is -2.30. The van der Waals surface area contributed by atoms with E-state index in [-0.39, 0.29) is 29.4 Å². The molecular formula is C35H40N4O6S. The first-order valence-electron chi connectivity index (χ1n) is 15.6. The van der Waals surface area contributed by atoms with E-state index in [0.29, 0.717) is 55.5 Å². The molecule has 5 rings (SSSR count). The van der Waals surface area contributed by atoms with Crippen molar-refractivity contribution in [2.24, 2.45) is 11.7 Å². The average Bonchev–Trinajstić information content (AvgIpc) is 3.07. The molecule has 4 N–H and O–H groups in total. The van der Waals surface area contributed by atoms with Gasteiger partial charge in [0.15, 0.2) is 0 Å². The fourth-order valence-corrected chi connectivity index (χ4v) is 7.00. The molecule has 0 spiro atoms. The van der Waals surface area contributed by atoms with Crippen LogP contribution in [0.2, 0.25) is 0 Å². The maximum atomic E-state index is 13.4. The standard InChI is InChI=1S/C35H40N4O6S/c1-2-44-33-20-15-27-22-29(18-19-31(27)37-33)46(42,43)39-28-16-13-26(14-17-28)34(40)38-32(25-11-7-4-8-12-25)23-45-35(41)30(36)21-24-9-5-3-6-10-24/h3-12,15,18-20,22,26,28,30,32,39H,2,13-14,16-17,21,23,36H2,1H3,(H,38,40). The van der Waals surface area contributed by atoms with Gasteiger partial charge in [-0.05, 0) is 74.4 Å². The van der Waals surface area contributed by atoms with E-state index in [0.717, 1.165) is 11.1 Å². The average molecular weight is 645 g/mol. The zero-order chi connectivity index (χ0) is 32.5. The number of sulfonamides is 1. The number of esters is 1. The molecule has 2 atom stereocenters. The largest absolute Gasteiger partial charge is 0.478 e. The van der Waals surface area contributed by atoms with Gasteiger partial charge < -0.3 is 20.5 Å². The molecule has 1 aliphatic carbocycles. The van der Waals surface area contributed by atoms with Crippen LogP contribution in [0.25, 0.3) is 10.9 Å². The zero-order valence-electron chi connectivity index (χ0n) is 25.8. The number of pyridine rings is 1. The van der Waals surface area contributed by atoms with Gasteiger partial charge in [0.05, 0.1) is 23.1 Å². The number of hydrogen-bond acceptors (Lipinski definition) is 8. The predicted octanol–water partition coefficient (Wildman–Crippen LogP) is 4.44. The second-order valence-corrected chi connectivity index (χ2v) is 13.2. The van der Waals surface area contributed by atoms with Gasteiger partial charge in [-0.1, -0.05) is 60.7 Å². The van der Waals surface area contributed by atoms with Crippen molar-refractivity contribution in [1.82, 2.24) is 15.0 Å². The first-order valence-corrected chi connectivity index (χ1v) is 17.1. The van der Waals surface area contributed by atoms with E-state index >= 15 is 0 Å². The molecule has 1 aromatic heterocycles. The summed E-state index contributed by atoms with van der Waals surface area (Å²) in [6.45, 7) is 2.31. The second-order valence-electron chi connectivity index (χ2n) is 11.5. The van der Waals surface area contributed by atoms with Gasteiger partial charge in [0, 0.05) is 23.4 Å². The minimum absolute atomic E-state index is 0.0551. The highest BCUT2D eigenvalue weighted by Gasteiger charge is 2.31. The number of carbonyl (C=O) groups excluding carboxylic acids is 2. The lowest BCUT2D eigenvalue weighted by Crippen LogP contribution is -2.42. The minimum atomic E-state index is -3.78. The summed E-state index contributed by atoms with van der Waals surface area (Å²) in [6.07, 6.45) is 2.42. The summed E-state index contributed by atoms with van der Waals surface area (Å²) in [5.74, 6) is -0.504. The smallest absolute Gasteiger partial charge is 0.323 e. The van der Waals surface area contributed by atoms with Crippen molar-refractivity contribution in [1.29, 1.82) is 0 Å². The molecule has 1 saturated carbocycles. The molecular weight excluding hydrogens is 604 g/mol. The van der Waals surface area contributed by atoms with Crippen LogP contribution in [0.4, 0.5) is 0 Å². The van der Waals surface area contributed by atoms with E-state index in [1.54, 1.807) is 24.3 Å². The summed E-state index contributed by atoms with van der Waals surface area (Å²) < 4.78 is 40.3. The van der Waals surface area contributed by atoms with Crippen LogP contribution in [0.3, 0.4) is 0 Å². The third-order valence-corrected chi connectivity index (χ3v) is 9.69. The molecule has 1 amide bonds. The van der Waals surface area contributed by atoms with Crippen molar-refractivity contribution in [3.05, 3.63) is 102 Å². The Balaban J connectivity index is 1.15. The topological polar surface area (TPSA) is 150 Å². The molecule has 11 heteroatoms. The van der Waals surface area contributed by atoms with Crippen molar-refractivity contribution in [2.45, 2.75) is 62.0 Å². The third kappa shape index (κ3) is 8.68. The molecule has 0 radical (unpaired) electrons. The summed E-state index contributed by atoms with van der Waals surface area (Å²) in [5.41, 5.74) is 8.50. The van der Waals surface area contributed by atoms with E-state index in [2.05, 4.69) is 15.0 Å². The number of rotatable bonds is 13. The quantitative estimate of drug-likeness (QED) is 0.181. The molecule has 10 nitrogen and oxygen atoms in total. The number of nitrogens with two attached hydrogens (primary N) is 1. The summed E-state index contributed by atoms with van der Waals surface area (Å²) >= 11 is 0. The molecule has 2 unspecified atom stereocenters. The predicted molar refractivity (Wildman–Crippen MR) is 175 cm³/mol. The molecule has 1 heterocycles. The van der Waals surface area contributed by atoms with Crippen LogP contribution in [0.1, 0.15) is 49.8 Å². The van der Waals surface area contributed by atoms with Crippen molar-refractivity contribution >= 4 is 32.8 Å². The van der Waals surface area contributed by atoms with Gasteiger partial charge in [-0.2, -0.15) is 0 Å². The van der Waals surface area contributed by atoms with Gasteiger partial charge in [0.25, 0.3) is 0 Å². The molecule has 0 aliphatic heterocycles. The van der Waals surface area contributed by atoms with Crippen LogP contribution in [-0.4, -0.2) is 50.6 Å². The normalized spacial score (nSPS) is 18.0. The lowest BCUT2D eigenvalue weighted by molar-refractivity contribution is -0.146. The molecule has 1 fully saturated rings. The Labute approximate surface area is 269 Å². The number of benzene rings is 3. The van der Waals surface area contributed by atoms with E-state index < -0.39 is 28.1 Å². The van der Waals surface area contributed by atoms with Gasteiger partial charge >= 0.3 is 5.97 Å². The number of amides is 1. The number of aromatic nitrogens is 1.